The van der Waals surface area contributed by atoms with E-state index in [1.807, 2.05) is 0 Å². The van der Waals surface area contributed by atoms with Gasteiger partial charge in [0, 0.05) is 6.54 Å². The molecular weight excluding hydrogens is 330 g/mol. The summed E-state index contributed by atoms with van der Waals surface area (Å²) >= 11 is 0. The lowest BCUT2D eigenvalue weighted by atomic mass is 10.1. The molecule has 0 saturated heterocycles. The summed E-state index contributed by atoms with van der Waals surface area (Å²) in [5, 5.41) is 2.97. The Morgan fingerprint density at radius 3 is 2.48 bits per heavy atom. The fourth-order valence-corrected chi connectivity index (χ4v) is 2.13. The van der Waals surface area contributed by atoms with E-state index in [0.29, 0.717) is 18.0 Å². The van der Waals surface area contributed by atoms with Crippen molar-refractivity contribution in [1.82, 2.24) is 5.32 Å². The van der Waals surface area contributed by atoms with E-state index in [0.717, 1.165) is 5.56 Å². The highest BCUT2D eigenvalue weighted by Gasteiger charge is 2.12. The van der Waals surface area contributed by atoms with Crippen molar-refractivity contribution in [1.29, 1.82) is 0 Å². The standard InChI is InChI=1S/C18H20F2N2O3/c1-11(18(21)23)22-9-12-6-7-16(17(8-12)24-2)25-10-13-14(19)4-3-5-15(13)20/h3-8,11,22H,9-10H2,1-2H3,(H2,21,23). The summed E-state index contributed by atoms with van der Waals surface area (Å²) in [6.45, 7) is 1.81. The molecule has 3 N–H and O–H groups in total. The fraction of sp³-hybridized carbons (Fsp3) is 0.278. The number of amides is 1. The van der Waals surface area contributed by atoms with Crippen LogP contribution >= 0.6 is 0 Å². The maximum Gasteiger partial charge on any atom is 0.234 e. The molecule has 2 aromatic rings. The minimum atomic E-state index is -0.666. The maximum absolute atomic E-state index is 13.6. The summed E-state index contributed by atoms with van der Waals surface area (Å²) in [5.74, 6) is -1.00. The van der Waals surface area contributed by atoms with E-state index in [1.165, 1.54) is 25.3 Å². The first-order chi connectivity index (χ1) is 11.9. The van der Waals surface area contributed by atoms with Gasteiger partial charge in [0.1, 0.15) is 18.2 Å². The fourth-order valence-electron chi connectivity index (χ4n) is 2.13. The number of nitrogens with two attached hydrogens (primary N) is 1. The molecular formula is C18H20F2N2O3. The van der Waals surface area contributed by atoms with Crippen LogP contribution < -0.4 is 20.5 Å². The molecule has 0 aliphatic carbocycles. The summed E-state index contributed by atoms with van der Waals surface area (Å²) in [6, 6.07) is 8.30. The second kappa shape index (κ2) is 8.43. The minimum absolute atomic E-state index is 0.148. The van der Waals surface area contributed by atoms with Gasteiger partial charge in [0.05, 0.1) is 18.7 Å². The Labute approximate surface area is 144 Å². The highest BCUT2D eigenvalue weighted by molar-refractivity contribution is 5.79. The van der Waals surface area contributed by atoms with Crippen molar-refractivity contribution in [2.45, 2.75) is 26.1 Å². The summed E-state index contributed by atoms with van der Waals surface area (Å²) < 4.78 is 38.0. The van der Waals surface area contributed by atoms with Crippen molar-refractivity contribution >= 4 is 5.91 Å². The van der Waals surface area contributed by atoms with E-state index in [-0.39, 0.29) is 12.2 Å². The first-order valence-electron chi connectivity index (χ1n) is 7.67. The average Bonchev–Trinajstić information content (AvgIpc) is 2.59. The number of halogens is 2. The molecule has 0 saturated carbocycles. The highest BCUT2D eigenvalue weighted by Crippen LogP contribution is 2.29. The Morgan fingerprint density at radius 1 is 1.20 bits per heavy atom. The first-order valence-corrected chi connectivity index (χ1v) is 7.67. The second-order valence-corrected chi connectivity index (χ2v) is 5.48. The Morgan fingerprint density at radius 2 is 1.88 bits per heavy atom. The van der Waals surface area contributed by atoms with Crippen molar-refractivity contribution in [3.63, 3.8) is 0 Å². The predicted octanol–water partition coefficient (Wildman–Crippen LogP) is 2.52. The van der Waals surface area contributed by atoms with E-state index in [4.69, 9.17) is 15.2 Å². The van der Waals surface area contributed by atoms with Gasteiger partial charge in [-0.1, -0.05) is 12.1 Å². The van der Waals surface area contributed by atoms with Crippen LogP contribution in [-0.4, -0.2) is 19.1 Å². The highest BCUT2D eigenvalue weighted by atomic mass is 19.1. The molecule has 2 rings (SSSR count). The molecule has 1 unspecified atom stereocenters. The number of hydrogen-bond donors (Lipinski definition) is 2. The molecule has 0 aliphatic heterocycles. The number of carbonyl (C=O) groups excluding carboxylic acids is 1. The zero-order chi connectivity index (χ0) is 18.4. The number of nitrogens with one attached hydrogen (secondary N) is 1. The largest absolute Gasteiger partial charge is 0.493 e. The van der Waals surface area contributed by atoms with Gasteiger partial charge in [-0.15, -0.1) is 0 Å². The zero-order valence-corrected chi connectivity index (χ0v) is 14.0. The van der Waals surface area contributed by atoms with Crippen molar-refractivity contribution in [3.05, 3.63) is 59.2 Å². The van der Waals surface area contributed by atoms with E-state index in [2.05, 4.69) is 5.32 Å². The molecule has 1 amide bonds. The Bertz CT molecular complexity index is 733. The van der Waals surface area contributed by atoms with Crippen molar-refractivity contribution in [2.24, 2.45) is 5.73 Å². The number of benzene rings is 2. The number of primary amides is 1. The van der Waals surface area contributed by atoms with E-state index in [9.17, 15) is 13.6 Å². The predicted molar refractivity (Wildman–Crippen MR) is 89.2 cm³/mol. The molecule has 0 aliphatic rings. The topological polar surface area (TPSA) is 73.6 Å². The van der Waals surface area contributed by atoms with Crippen LogP contribution in [0, 0.1) is 11.6 Å². The van der Waals surface area contributed by atoms with Crippen molar-refractivity contribution < 1.29 is 23.0 Å². The molecule has 0 radical (unpaired) electrons. The van der Waals surface area contributed by atoms with Gasteiger partial charge in [-0.05, 0) is 36.8 Å². The number of ether oxygens (including phenoxy) is 2. The Balaban J connectivity index is 2.07. The summed E-state index contributed by atoms with van der Waals surface area (Å²) in [7, 11) is 1.47. The van der Waals surface area contributed by atoms with Gasteiger partial charge >= 0.3 is 0 Å². The lowest BCUT2D eigenvalue weighted by Crippen LogP contribution is -2.38. The van der Waals surface area contributed by atoms with E-state index in [1.54, 1.807) is 25.1 Å². The average molecular weight is 350 g/mol. The number of carbonyl (C=O) groups is 1. The molecule has 1 atom stereocenters. The minimum Gasteiger partial charge on any atom is -0.493 e. The van der Waals surface area contributed by atoms with Gasteiger partial charge in [-0.2, -0.15) is 0 Å². The van der Waals surface area contributed by atoms with Crippen LogP contribution in [0.15, 0.2) is 36.4 Å². The molecule has 25 heavy (non-hydrogen) atoms. The van der Waals surface area contributed by atoms with Crippen molar-refractivity contribution in [3.8, 4) is 11.5 Å². The van der Waals surface area contributed by atoms with Crippen LogP contribution in [0.2, 0.25) is 0 Å². The van der Waals surface area contributed by atoms with Crippen LogP contribution in [-0.2, 0) is 17.9 Å². The lowest BCUT2D eigenvalue weighted by Gasteiger charge is -2.14. The second-order valence-electron chi connectivity index (χ2n) is 5.48. The quantitative estimate of drug-likeness (QED) is 0.767. The van der Waals surface area contributed by atoms with Crippen LogP contribution in [0.4, 0.5) is 8.78 Å². The van der Waals surface area contributed by atoms with Gasteiger partial charge in [0.15, 0.2) is 11.5 Å². The van der Waals surface area contributed by atoms with Gasteiger partial charge in [0.25, 0.3) is 0 Å². The van der Waals surface area contributed by atoms with Gasteiger partial charge in [0.2, 0.25) is 5.91 Å². The molecule has 0 aromatic heterocycles. The summed E-state index contributed by atoms with van der Waals surface area (Å²) in [5.41, 5.74) is 5.89. The third-order valence-corrected chi connectivity index (χ3v) is 3.70. The van der Waals surface area contributed by atoms with E-state index < -0.39 is 23.6 Å². The van der Waals surface area contributed by atoms with E-state index >= 15 is 0 Å². The molecule has 2 aromatic carbocycles. The normalized spacial score (nSPS) is 11.8. The Kier molecular flexibility index (Phi) is 6.30. The van der Waals surface area contributed by atoms with Crippen LogP contribution in [0.1, 0.15) is 18.1 Å². The lowest BCUT2D eigenvalue weighted by molar-refractivity contribution is -0.119. The molecule has 5 nitrogen and oxygen atoms in total. The Hall–Kier alpha value is -2.67. The smallest absolute Gasteiger partial charge is 0.234 e. The third kappa shape index (κ3) is 4.90. The summed E-state index contributed by atoms with van der Waals surface area (Å²) in [6.07, 6.45) is 0. The maximum atomic E-state index is 13.6. The van der Waals surface area contributed by atoms with Gasteiger partial charge in [-0.3, -0.25) is 4.79 Å². The number of methoxy groups -OCH3 is 1. The SMILES string of the molecule is COc1cc(CNC(C)C(N)=O)ccc1OCc1c(F)cccc1F. The zero-order valence-electron chi connectivity index (χ0n) is 14.0. The van der Waals surface area contributed by atoms with Crippen LogP contribution in [0.5, 0.6) is 11.5 Å². The van der Waals surface area contributed by atoms with Gasteiger partial charge < -0.3 is 20.5 Å². The molecule has 0 bridgehead atoms. The van der Waals surface area contributed by atoms with Crippen molar-refractivity contribution in [2.75, 3.05) is 7.11 Å². The van der Waals surface area contributed by atoms with Gasteiger partial charge in [-0.25, -0.2) is 8.78 Å². The molecule has 134 valence electrons. The number of rotatable bonds is 8. The number of hydrogen-bond acceptors (Lipinski definition) is 4. The monoisotopic (exact) mass is 350 g/mol. The molecule has 0 heterocycles. The molecule has 0 spiro atoms. The van der Waals surface area contributed by atoms with Crippen LogP contribution in [0.25, 0.3) is 0 Å². The first kappa shape index (κ1) is 18.7. The third-order valence-electron chi connectivity index (χ3n) is 3.70. The summed E-state index contributed by atoms with van der Waals surface area (Å²) in [4.78, 5) is 11.0. The molecule has 7 heteroatoms. The molecule has 0 fully saturated rings. The van der Waals surface area contributed by atoms with Crippen LogP contribution in [0.3, 0.4) is 0 Å².